The Labute approximate surface area is 87.7 Å². The number of carbonyl (C=O) groups excluding carboxylic acids is 1. The van der Waals surface area contributed by atoms with Gasteiger partial charge in [0.05, 0.1) is 24.8 Å². The molecule has 0 heterocycles. The van der Waals surface area contributed by atoms with E-state index in [1.807, 2.05) is 6.07 Å². The first-order chi connectivity index (χ1) is 7.15. The molecule has 0 fully saturated rings. The third-order valence-electron chi connectivity index (χ3n) is 2.22. The van der Waals surface area contributed by atoms with Crippen LogP contribution in [0, 0.1) is 18.3 Å². The zero-order valence-corrected chi connectivity index (χ0v) is 8.57. The molecule has 0 amide bonds. The van der Waals surface area contributed by atoms with Gasteiger partial charge in [0.15, 0.2) is 0 Å². The highest BCUT2D eigenvalue weighted by Gasteiger charge is 2.16. The number of ether oxygens (including phenoxy) is 1. The van der Waals surface area contributed by atoms with Gasteiger partial charge in [-0.2, -0.15) is 5.26 Å². The first-order valence-electron chi connectivity index (χ1n) is 4.37. The molecule has 0 spiro atoms. The second-order valence-electron chi connectivity index (χ2n) is 3.05. The van der Waals surface area contributed by atoms with Crippen molar-refractivity contribution in [2.24, 2.45) is 0 Å². The molecule has 78 valence electrons. The summed E-state index contributed by atoms with van der Waals surface area (Å²) in [5.74, 6) is -0.568. The highest BCUT2D eigenvalue weighted by Crippen LogP contribution is 2.19. The minimum absolute atomic E-state index is 0.185. The van der Waals surface area contributed by atoms with E-state index in [4.69, 9.17) is 10.4 Å². The summed E-state index contributed by atoms with van der Waals surface area (Å²) in [7, 11) is 1.25. The van der Waals surface area contributed by atoms with E-state index < -0.39 is 5.97 Å². The van der Waals surface area contributed by atoms with Crippen LogP contribution in [0.1, 0.15) is 27.0 Å². The van der Waals surface area contributed by atoms with E-state index in [2.05, 4.69) is 4.74 Å². The van der Waals surface area contributed by atoms with Gasteiger partial charge in [-0.1, -0.05) is 6.07 Å². The number of esters is 1. The summed E-state index contributed by atoms with van der Waals surface area (Å²) >= 11 is 0. The minimum atomic E-state index is -0.568. The number of nitrogens with zero attached hydrogens (tertiary/aromatic N) is 1. The van der Waals surface area contributed by atoms with Crippen LogP contribution in [-0.2, 0) is 11.3 Å². The number of hydrogen-bond donors (Lipinski definition) is 1. The quantitative estimate of drug-likeness (QED) is 0.735. The summed E-state index contributed by atoms with van der Waals surface area (Å²) in [5.41, 5.74) is 1.63. The molecule has 15 heavy (non-hydrogen) atoms. The number of hydrogen-bond acceptors (Lipinski definition) is 4. The fraction of sp³-hybridized carbons (Fsp3) is 0.273. The van der Waals surface area contributed by atoms with Crippen LogP contribution in [0.2, 0.25) is 0 Å². The van der Waals surface area contributed by atoms with Gasteiger partial charge in [0, 0.05) is 0 Å². The summed E-state index contributed by atoms with van der Waals surface area (Å²) in [6.45, 7) is 1.51. The molecular weight excluding hydrogens is 194 g/mol. The third-order valence-corrected chi connectivity index (χ3v) is 2.22. The van der Waals surface area contributed by atoms with Crippen molar-refractivity contribution < 1.29 is 14.6 Å². The predicted molar refractivity (Wildman–Crippen MR) is 53.2 cm³/mol. The van der Waals surface area contributed by atoms with Gasteiger partial charge < -0.3 is 9.84 Å². The van der Waals surface area contributed by atoms with Gasteiger partial charge in [-0.25, -0.2) is 4.79 Å². The van der Waals surface area contributed by atoms with Gasteiger partial charge in [-0.3, -0.25) is 0 Å². The van der Waals surface area contributed by atoms with Crippen LogP contribution in [-0.4, -0.2) is 18.2 Å². The Morgan fingerprint density at radius 3 is 2.73 bits per heavy atom. The van der Waals surface area contributed by atoms with E-state index in [1.54, 1.807) is 13.0 Å². The number of carbonyl (C=O) groups is 1. The Morgan fingerprint density at radius 2 is 2.27 bits per heavy atom. The summed E-state index contributed by atoms with van der Waals surface area (Å²) in [6, 6.07) is 5.12. The van der Waals surface area contributed by atoms with Crippen LogP contribution >= 0.6 is 0 Å². The number of nitriles is 1. The maximum absolute atomic E-state index is 11.3. The molecule has 1 rings (SSSR count). The number of methoxy groups -OCH3 is 1. The number of rotatable bonds is 2. The van der Waals surface area contributed by atoms with Gasteiger partial charge in [0.2, 0.25) is 0 Å². The predicted octanol–water partition coefficient (Wildman–Crippen LogP) is 1.15. The topological polar surface area (TPSA) is 70.3 Å². The lowest BCUT2D eigenvalue weighted by atomic mass is 9.98. The molecule has 1 aromatic carbocycles. The summed E-state index contributed by atoms with van der Waals surface area (Å²) < 4.78 is 4.55. The molecule has 0 saturated heterocycles. The van der Waals surface area contributed by atoms with Crippen molar-refractivity contribution in [3.8, 4) is 6.07 Å². The Kier molecular flexibility index (Phi) is 3.42. The normalized spacial score (nSPS) is 9.47. The van der Waals surface area contributed by atoms with Gasteiger partial charge in [-0.05, 0) is 24.1 Å². The van der Waals surface area contributed by atoms with E-state index in [0.29, 0.717) is 5.56 Å². The molecule has 0 unspecified atom stereocenters. The van der Waals surface area contributed by atoms with E-state index in [-0.39, 0.29) is 17.7 Å². The van der Waals surface area contributed by atoms with Crippen LogP contribution in [0.5, 0.6) is 0 Å². The maximum atomic E-state index is 11.3. The molecule has 0 atom stereocenters. The second kappa shape index (κ2) is 4.58. The average Bonchev–Trinajstić information content (AvgIpc) is 2.27. The largest absolute Gasteiger partial charge is 0.465 e. The lowest BCUT2D eigenvalue weighted by Crippen LogP contribution is -2.07. The molecule has 0 aliphatic rings. The molecule has 4 nitrogen and oxygen atoms in total. The zero-order valence-electron chi connectivity index (χ0n) is 8.57. The maximum Gasteiger partial charge on any atom is 0.339 e. The van der Waals surface area contributed by atoms with Crippen molar-refractivity contribution >= 4 is 5.97 Å². The lowest BCUT2D eigenvalue weighted by Gasteiger charge is -2.08. The Bertz CT molecular complexity index is 432. The molecule has 1 N–H and O–H groups in total. The van der Waals surface area contributed by atoms with Crippen molar-refractivity contribution in [1.82, 2.24) is 0 Å². The lowest BCUT2D eigenvalue weighted by molar-refractivity contribution is 0.0600. The van der Waals surface area contributed by atoms with Crippen LogP contribution in [0.4, 0.5) is 0 Å². The molecule has 0 bridgehead atoms. The van der Waals surface area contributed by atoms with Crippen molar-refractivity contribution in [3.05, 3.63) is 34.4 Å². The zero-order chi connectivity index (χ0) is 11.4. The highest BCUT2D eigenvalue weighted by atomic mass is 16.5. The van der Waals surface area contributed by atoms with Gasteiger partial charge in [-0.15, -0.1) is 0 Å². The van der Waals surface area contributed by atoms with Gasteiger partial charge in [0.1, 0.15) is 6.07 Å². The van der Waals surface area contributed by atoms with E-state index >= 15 is 0 Å². The van der Waals surface area contributed by atoms with Crippen molar-refractivity contribution in [1.29, 1.82) is 5.26 Å². The minimum Gasteiger partial charge on any atom is -0.465 e. The summed E-state index contributed by atoms with van der Waals surface area (Å²) in [5, 5.41) is 18.0. The fourth-order valence-electron chi connectivity index (χ4n) is 1.36. The first-order valence-corrected chi connectivity index (χ1v) is 4.37. The molecule has 1 aromatic rings. The Morgan fingerprint density at radius 1 is 1.60 bits per heavy atom. The van der Waals surface area contributed by atoms with Crippen LogP contribution in [0.15, 0.2) is 12.1 Å². The third kappa shape index (κ3) is 1.97. The van der Waals surface area contributed by atoms with E-state index in [1.165, 1.54) is 13.2 Å². The van der Waals surface area contributed by atoms with Gasteiger partial charge >= 0.3 is 5.97 Å². The standard InChI is InChI=1S/C11H11NO3/c1-7-3-4-8(11(14)15-2)9(5-12)10(7)6-13/h3-4,13H,6H2,1-2H3. The Hall–Kier alpha value is -1.86. The van der Waals surface area contributed by atoms with Gasteiger partial charge in [0.25, 0.3) is 0 Å². The molecule has 0 aromatic heterocycles. The molecule has 0 saturated carbocycles. The van der Waals surface area contributed by atoms with Crippen molar-refractivity contribution in [3.63, 3.8) is 0 Å². The molecule has 4 heteroatoms. The number of aliphatic hydroxyl groups is 1. The van der Waals surface area contributed by atoms with Crippen molar-refractivity contribution in [2.45, 2.75) is 13.5 Å². The fourth-order valence-corrected chi connectivity index (χ4v) is 1.36. The molecule has 0 aliphatic carbocycles. The molecule has 0 aliphatic heterocycles. The number of aryl methyl sites for hydroxylation is 1. The van der Waals surface area contributed by atoms with E-state index in [0.717, 1.165) is 5.56 Å². The van der Waals surface area contributed by atoms with Crippen LogP contribution in [0.3, 0.4) is 0 Å². The highest BCUT2D eigenvalue weighted by molar-refractivity contribution is 5.92. The summed E-state index contributed by atoms with van der Waals surface area (Å²) in [4.78, 5) is 11.3. The first kappa shape index (κ1) is 11.2. The molecule has 0 radical (unpaired) electrons. The number of aliphatic hydroxyl groups excluding tert-OH is 1. The second-order valence-corrected chi connectivity index (χ2v) is 3.05. The monoisotopic (exact) mass is 205 g/mol. The Balaban J connectivity index is 3.43. The van der Waals surface area contributed by atoms with E-state index in [9.17, 15) is 4.79 Å². The smallest absolute Gasteiger partial charge is 0.339 e. The van der Waals surface area contributed by atoms with Crippen molar-refractivity contribution in [2.75, 3.05) is 7.11 Å². The van der Waals surface area contributed by atoms with Crippen LogP contribution < -0.4 is 0 Å². The number of benzene rings is 1. The van der Waals surface area contributed by atoms with Crippen LogP contribution in [0.25, 0.3) is 0 Å². The molecular formula is C11H11NO3. The average molecular weight is 205 g/mol. The SMILES string of the molecule is COC(=O)c1ccc(C)c(CO)c1C#N. The summed E-state index contributed by atoms with van der Waals surface area (Å²) in [6.07, 6.45) is 0.